The molecule has 0 unspecified atom stereocenters. The molecule has 1 aromatic carbocycles. The first-order valence-corrected chi connectivity index (χ1v) is 5.39. The Kier molecular flexibility index (Phi) is 2.08. The number of pyridine rings is 1. The molecule has 0 spiro atoms. The molecule has 0 atom stereocenters. The second kappa shape index (κ2) is 3.59. The van der Waals surface area contributed by atoms with Crippen molar-refractivity contribution in [2.75, 3.05) is 5.73 Å². The summed E-state index contributed by atoms with van der Waals surface area (Å²) >= 11 is 0. The average molecular weight is 224 g/mol. The lowest BCUT2D eigenvalue weighted by atomic mass is 10.2. The van der Waals surface area contributed by atoms with E-state index in [4.69, 9.17) is 5.73 Å². The Hall–Kier alpha value is -2.36. The molecule has 17 heavy (non-hydrogen) atoms. The highest BCUT2D eigenvalue weighted by atomic mass is 15.1. The van der Waals surface area contributed by atoms with Gasteiger partial charge in [-0.2, -0.15) is 0 Å². The lowest BCUT2D eigenvalue weighted by Gasteiger charge is -2.02. The fourth-order valence-electron chi connectivity index (χ4n) is 1.94. The lowest BCUT2D eigenvalue weighted by Crippen LogP contribution is -1.94. The molecule has 3 rings (SSSR count). The number of anilines is 1. The molecule has 0 aliphatic heterocycles. The van der Waals surface area contributed by atoms with Crippen LogP contribution in [0, 0.1) is 0 Å². The molecule has 2 N–H and O–H groups in total. The summed E-state index contributed by atoms with van der Waals surface area (Å²) < 4.78 is 2.06. The molecule has 0 bridgehead atoms. The van der Waals surface area contributed by atoms with Gasteiger partial charge in [-0.3, -0.25) is 0 Å². The highest BCUT2D eigenvalue weighted by Crippen LogP contribution is 2.22. The van der Waals surface area contributed by atoms with Crippen molar-refractivity contribution in [1.82, 2.24) is 14.5 Å². The molecule has 0 aliphatic carbocycles. The minimum absolute atomic E-state index is 0.521. The molecule has 4 nitrogen and oxygen atoms in total. The van der Waals surface area contributed by atoms with Crippen LogP contribution in [0.5, 0.6) is 0 Å². The van der Waals surface area contributed by atoms with Crippen molar-refractivity contribution in [3.05, 3.63) is 42.6 Å². The molecule has 0 aliphatic rings. The third-order valence-electron chi connectivity index (χ3n) is 2.83. The maximum Gasteiger partial charge on any atom is 0.142 e. The summed E-state index contributed by atoms with van der Waals surface area (Å²) in [5.41, 5.74) is 8.65. The van der Waals surface area contributed by atoms with Gasteiger partial charge in [0.2, 0.25) is 0 Å². The molecular formula is C13H12N4. The van der Waals surface area contributed by atoms with Crippen LogP contribution in [0.3, 0.4) is 0 Å². The minimum Gasteiger partial charge on any atom is -0.384 e. The van der Waals surface area contributed by atoms with Gasteiger partial charge < -0.3 is 10.3 Å². The van der Waals surface area contributed by atoms with Gasteiger partial charge in [-0.1, -0.05) is 12.1 Å². The minimum atomic E-state index is 0.521. The van der Waals surface area contributed by atoms with Crippen LogP contribution in [0.2, 0.25) is 0 Å². The second-order valence-electron chi connectivity index (χ2n) is 3.95. The van der Waals surface area contributed by atoms with Crippen LogP contribution in [-0.4, -0.2) is 14.5 Å². The van der Waals surface area contributed by atoms with Crippen molar-refractivity contribution in [3.8, 4) is 11.4 Å². The summed E-state index contributed by atoms with van der Waals surface area (Å²) in [6.45, 7) is 0. The SMILES string of the molecule is Cn1c(-c2ccc(N)nc2)nc2ccccc21. The van der Waals surface area contributed by atoms with Crippen LogP contribution in [0.1, 0.15) is 0 Å². The van der Waals surface area contributed by atoms with Crippen LogP contribution in [-0.2, 0) is 7.05 Å². The van der Waals surface area contributed by atoms with Crippen LogP contribution in [0.4, 0.5) is 5.82 Å². The van der Waals surface area contributed by atoms with Crippen molar-refractivity contribution in [1.29, 1.82) is 0 Å². The van der Waals surface area contributed by atoms with Gasteiger partial charge in [-0.15, -0.1) is 0 Å². The zero-order chi connectivity index (χ0) is 11.8. The van der Waals surface area contributed by atoms with E-state index in [1.807, 2.05) is 31.3 Å². The molecule has 4 heteroatoms. The first-order valence-electron chi connectivity index (χ1n) is 5.39. The molecule has 0 radical (unpaired) electrons. The number of fused-ring (bicyclic) bond motifs is 1. The molecule has 2 aromatic heterocycles. The van der Waals surface area contributed by atoms with Gasteiger partial charge in [0.05, 0.1) is 11.0 Å². The fraction of sp³-hybridized carbons (Fsp3) is 0.0769. The number of rotatable bonds is 1. The van der Waals surface area contributed by atoms with Gasteiger partial charge in [0.1, 0.15) is 11.6 Å². The zero-order valence-corrected chi connectivity index (χ0v) is 9.46. The Morgan fingerprint density at radius 3 is 2.65 bits per heavy atom. The van der Waals surface area contributed by atoms with Gasteiger partial charge in [-0.25, -0.2) is 9.97 Å². The van der Waals surface area contributed by atoms with Gasteiger partial charge in [0, 0.05) is 18.8 Å². The van der Waals surface area contributed by atoms with Crippen LogP contribution in [0.15, 0.2) is 42.6 Å². The Morgan fingerprint density at radius 1 is 1.12 bits per heavy atom. The number of benzene rings is 1. The third kappa shape index (κ3) is 1.54. The molecular weight excluding hydrogens is 212 g/mol. The summed E-state index contributed by atoms with van der Waals surface area (Å²) in [7, 11) is 2.00. The maximum absolute atomic E-state index is 5.58. The number of aromatic nitrogens is 3. The van der Waals surface area contributed by atoms with Crippen molar-refractivity contribution in [3.63, 3.8) is 0 Å². The Balaban J connectivity index is 2.24. The van der Waals surface area contributed by atoms with Crippen molar-refractivity contribution in [2.24, 2.45) is 7.05 Å². The third-order valence-corrected chi connectivity index (χ3v) is 2.83. The molecule has 3 aromatic rings. The van der Waals surface area contributed by atoms with E-state index >= 15 is 0 Å². The summed E-state index contributed by atoms with van der Waals surface area (Å²) in [4.78, 5) is 8.69. The number of hydrogen-bond acceptors (Lipinski definition) is 3. The van der Waals surface area contributed by atoms with Crippen LogP contribution < -0.4 is 5.73 Å². The molecule has 2 heterocycles. The number of nitrogens with zero attached hydrogens (tertiary/aromatic N) is 3. The van der Waals surface area contributed by atoms with Gasteiger partial charge in [-0.05, 0) is 24.3 Å². The summed E-state index contributed by atoms with van der Waals surface area (Å²) in [6, 6.07) is 11.8. The van der Waals surface area contributed by atoms with E-state index in [0.717, 1.165) is 22.4 Å². The second-order valence-corrected chi connectivity index (χ2v) is 3.95. The van der Waals surface area contributed by atoms with E-state index in [1.54, 1.807) is 12.3 Å². The van der Waals surface area contributed by atoms with Gasteiger partial charge in [0.15, 0.2) is 0 Å². The quantitative estimate of drug-likeness (QED) is 0.689. The standard InChI is InChI=1S/C13H12N4/c1-17-11-5-3-2-4-10(11)16-13(17)9-6-7-12(14)15-8-9/h2-8H,1H3,(H2,14,15). The number of para-hydroxylation sites is 2. The topological polar surface area (TPSA) is 56.7 Å². The largest absolute Gasteiger partial charge is 0.384 e. The van der Waals surface area contributed by atoms with E-state index in [2.05, 4.69) is 20.6 Å². The van der Waals surface area contributed by atoms with E-state index in [1.165, 1.54) is 0 Å². The highest BCUT2D eigenvalue weighted by molar-refractivity contribution is 5.80. The zero-order valence-electron chi connectivity index (χ0n) is 9.46. The van der Waals surface area contributed by atoms with E-state index in [9.17, 15) is 0 Å². The normalized spacial score (nSPS) is 10.9. The Labute approximate surface area is 98.7 Å². The van der Waals surface area contributed by atoms with Gasteiger partial charge in [0.25, 0.3) is 0 Å². The lowest BCUT2D eigenvalue weighted by molar-refractivity contribution is 0.958. The summed E-state index contributed by atoms with van der Waals surface area (Å²) in [5, 5.41) is 0. The number of imidazole rings is 1. The number of nitrogens with two attached hydrogens (primary N) is 1. The van der Waals surface area contributed by atoms with E-state index in [0.29, 0.717) is 5.82 Å². The smallest absolute Gasteiger partial charge is 0.142 e. The average Bonchev–Trinajstić information content (AvgIpc) is 2.69. The molecule has 0 saturated carbocycles. The van der Waals surface area contributed by atoms with Crippen molar-refractivity contribution in [2.45, 2.75) is 0 Å². The van der Waals surface area contributed by atoms with Crippen molar-refractivity contribution < 1.29 is 0 Å². The van der Waals surface area contributed by atoms with E-state index < -0.39 is 0 Å². The Bertz CT molecular complexity index is 667. The Morgan fingerprint density at radius 2 is 1.94 bits per heavy atom. The monoisotopic (exact) mass is 224 g/mol. The number of hydrogen-bond donors (Lipinski definition) is 1. The fourth-order valence-corrected chi connectivity index (χ4v) is 1.94. The summed E-state index contributed by atoms with van der Waals surface area (Å²) in [5.74, 6) is 1.42. The molecule has 0 amide bonds. The first-order chi connectivity index (χ1) is 8.25. The van der Waals surface area contributed by atoms with E-state index in [-0.39, 0.29) is 0 Å². The molecule has 84 valence electrons. The van der Waals surface area contributed by atoms with Crippen molar-refractivity contribution >= 4 is 16.9 Å². The highest BCUT2D eigenvalue weighted by Gasteiger charge is 2.08. The first kappa shape index (κ1) is 9.84. The van der Waals surface area contributed by atoms with Crippen LogP contribution in [0.25, 0.3) is 22.4 Å². The number of aryl methyl sites for hydroxylation is 1. The predicted molar refractivity (Wildman–Crippen MR) is 68.4 cm³/mol. The summed E-state index contributed by atoms with van der Waals surface area (Å²) in [6.07, 6.45) is 1.75. The van der Waals surface area contributed by atoms with Gasteiger partial charge >= 0.3 is 0 Å². The predicted octanol–water partition coefficient (Wildman–Crippen LogP) is 2.22. The molecule has 0 saturated heterocycles. The maximum atomic E-state index is 5.58. The number of nitrogen functional groups attached to an aromatic ring is 1. The van der Waals surface area contributed by atoms with Crippen LogP contribution >= 0.6 is 0 Å². The molecule has 0 fully saturated rings.